The maximum atomic E-state index is 9.68. The maximum Gasteiger partial charge on any atom is 0.167 e. The number of aliphatic hydroxyl groups excluding tert-OH is 1. The number of nitrogens with one attached hydrogen (secondary N) is 1. The Morgan fingerprint density at radius 1 is 1.25 bits per heavy atom. The molecule has 0 spiro atoms. The molecule has 5 heteroatoms. The first-order valence-electron chi connectivity index (χ1n) is 7.37. The molecule has 1 aliphatic carbocycles. The highest BCUT2D eigenvalue weighted by molar-refractivity contribution is 5.57. The van der Waals surface area contributed by atoms with E-state index in [-0.39, 0.29) is 12.1 Å². The van der Waals surface area contributed by atoms with E-state index in [0.29, 0.717) is 11.4 Å². The molecule has 1 fully saturated rings. The average molecular weight is 274 g/mol. The molecule has 0 bridgehead atoms. The normalized spacial score (nSPS) is 16.9. The van der Waals surface area contributed by atoms with Crippen molar-refractivity contribution in [3.05, 3.63) is 16.8 Å². The van der Waals surface area contributed by atoms with E-state index in [1.54, 1.807) is 0 Å². The Labute approximate surface area is 120 Å². The van der Waals surface area contributed by atoms with Crippen molar-refractivity contribution in [1.82, 2.24) is 10.2 Å². The van der Waals surface area contributed by atoms with Crippen LogP contribution < -0.4 is 5.32 Å². The first-order valence-corrected chi connectivity index (χ1v) is 7.37. The van der Waals surface area contributed by atoms with Crippen LogP contribution in [-0.2, 0) is 12.8 Å². The molecule has 0 radical (unpaired) electrons. The monoisotopic (exact) mass is 274 g/mol. The van der Waals surface area contributed by atoms with Gasteiger partial charge in [0.05, 0.1) is 17.8 Å². The zero-order valence-electron chi connectivity index (χ0n) is 12.2. The molecule has 2 rings (SSSR count). The lowest BCUT2D eigenvalue weighted by atomic mass is 9.97. The highest BCUT2D eigenvalue weighted by Gasteiger charge is 2.34. The smallest absolute Gasteiger partial charge is 0.167 e. The summed E-state index contributed by atoms with van der Waals surface area (Å²) in [5.74, 6) is 0.525. The lowest BCUT2D eigenvalue weighted by Crippen LogP contribution is -2.39. The minimum Gasteiger partial charge on any atom is -0.394 e. The van der Waals surface area contributed by atoms with Gasteiger partial charge in [-0.1, -0.05) is 26.7 Å². The van der Waals surface area contributed by atoms with E-state index in [4.69, 9.17) is 0 Å². The Morgan fingerprint density at radius 2 is 1.95 bits per heavy atom. The largest absolute Gasteiger partial charge is 0.394 e. The standard InChI is InChI=1S/C15H22N4O/c1-3-11-12(9-16)14(19-18-13(11)4-2)17-15(10-20)7-5-6-8-15/h20H,3-8,10H2,1-2H3,(H,17,19). The van der Waals surface area contributed by atoms with Gasteiger partial charge >= 0.3 is 0 Å². The van der Waals surface area contributed by atoms with Crippen molar-refractivity contribution in [3.63, 3.8) is 0 Å². The summed E-state index contributed by atoms with van der Waals surface area (Å²) in [6.07, 6.45) is 5.55. The number of anilines is 1. The molecule has 108 valence electrons. The van der Waals surface area contributed by atoms with Gasteiger partial charge in [-0.05, 0) is 31.2 Å². The number of aromatic nitrogens is 2. The minimum atomic E-state index is -0.334. The highest BCUT2D eigenvalue weighted by Crippen LogP contribution is 2.33. The third kappa shape index (κ3) is 2.61. The first-order chi connectivity index (χ1) is 9.69. The lowest BCUT2D eigenvalue weighted by Gasteiger charge is -2.29. The zero-order valence-corrected chi connectivity index (χ0v) is 12.2. The molecule has 1 aromatic heterocycles. The van der Waals surface area contributed by atoms with Crippen molar-refractivity contribution < 1.29 is 5.11 Å². The van der Waals surface area contributed by atoms with Gasteiger partial charge in [0.1, 0.15) is 11.6 Å². The van der Waals surface area contributed by atoms with Crippen LogP contribution in [0.4, 0.5) is 5.82 Å². The van der Waals surface area contributed by atoms with Crippen LogP contribution in [-0.4, -0.2) is 27.4 Å². The van der Waals surface area contributed by atoms with Crippen LogP contribution in [0.2, 0.25) is 0 Å². The van der Waals surface area contributed by atoms with Crippen LogP contribution in [0.25, 0.3) is 0 Å². The van der Waals surface area contributed by atoms with Gasteiger partial charge in [0.2, 0.25) is 0 Å². The summed E-state index contributed by atoms with van der Waals surface area (Å²) in [6, 6.07) is 2.26. The summed E-state index contributed by atoms with van der Waals surface area (Å²) in [6.45, 7) is 4.11. The van der Waals surface area contributed by atoms with E-state index in [0.717, 1.165) is 49.8 Å². The highest BCUT2D eigenvalue weighted by atomic mass is 16.3. The Kier molecular flexibility index (Phi) is 4.56. The fourth-order valence-electron chi connectivity index (χ4n) is 3.01. The third-order valence-electron chi connectivity index (χ3n) is 4.20. The molecule has 2 N–H and O–H groups in total. The second kappa shape index (κ2) is 6.19. The molecule has 1 saturated carbocycles. The Morgan fingerprint density at radius 3 is 2.45 bits per heavy atom. The molecule has 1 aliphatic rings. The van der Waals surface area contributed by atoms with E-state index >= 15 is 0 Å². The Hall–Kier alpha value is -1.67. The van der Waals surface area contributed by atoms with Crippen LogP contribution >= 0.6 is 0 Å². The van der Waals surface area contributed by atoms with Gasteiger partial charge in [0.15, 0.2) is 5.82 Å². The van der Waals surface area contributed by atoms with E-state index < -0.39 is 0 Å². The van der Waals surface area contributed by atoms with Crippen LogP contribution in [0.5, 0.6) is 0 Å². The van der Waals surface area contributed by atoms with E-state index in [2.05, 4.69) is 21.6 Å². The molecular formula is C15H22N4O. The molecular weight excluding hydrogens is 252 g/mol. The van der Waals surface area contributed by atoms with Gasteiger partial charge in [0, 0.05) is 0 Å². The van der Waals surface area contributed by atoms with Gasteiger partial charge in [-0.15, -0.1) is 5.10 Å². The van der Waals surface area contributed by atoms with Crippen molar-refractivity contribution >= 4 is 5.82 Å². The van der Waals surface area contributed by atoms with Crippen LogP contribution in [0.15, 0.2) is 0 Å². The summed E-state index contributed by atoms with van der Waals surface area (Å²) in [4.78, 5) is 0. The van der Waals surface area contributed by atoms with E-state index in [1.165, 1.54) is 0 Å². The van der Waals surface area contributed by atoms with Crippen molar-refractivity contribution in [2.24, 2.45) is 0 Å². The van der Waals surface area contributed by atoms with Crippen molar-refractivity contribution in [2.45, 2.75) is 57.9 Å². The van der Waals surface area contributed by atoms with Crippen LogP contribution in [0.3, 0.4) is 0 Å². The second-order valence-corrected chi connectivity index (χ2v) is 5.44. The summed E-state index contributed by atoms with van der Waals surface area (Å²) >= 11 is 0. The SMILES string of the molecule is CCc1nnc(NC2(CO)CCCC2)c(C#N)c1CC. The van der Waals surface area contributed by atoms with Crippen LogP contribution in [0.1, 0.15) is 56.4 Å². The molecule has 5 nitrogen and oxygen atoms in total. The van der Waals surface area contributed by atoms with Gasteiger partial charge in [-0.3, -0.25) is 0 Å². The molecule has 0 atom stereocenters. The van der Waals surface area contributed by atoms with Gasteiger partial charge in [0.25, 0.3) is 0 Å². The molecule has 1 aromatic rings. The van der Waals surface area contributed by atoms with Crippen molar-refractivity contribution in [2.75, 3.05) is 11.9 Å². The third-order valence-corrected chi connectivity index (χ3v) is 4.20. The topological polar surface area (TPSA) is 81.8 Å². The number of aliphatic hydroxyl groups is 1. The van der Waals surface area contributed by atoms with Gasteiger partial charge < -0.3 is 10.4 Å². The van der Waals surface area contributed by atoms with E-state index in [9.17, 15) is 10.4 Å². The fourth-order valence-corrected chi connectivity index (χ4v) is 3.01. The van der Waals surface area contributed by atoms with Gasteiger partial charge in [-0.2, -0.15) is 10.4 Å². The number of rotatable bonds is 5. The lowest BCUT2D eigenvalue weighted by molar-refractivity contribution is 0.213. The Balaban J connectivity index is 2.39. The number of hydrogen-bond donors (Lipinski definition) is 2. The number of aryl methyl sites for hydroxylation is 1. The molecule has 0 saturated heterocycles. The summed E-state index contributed by atoms with van der Waals surface area (Å²) in [7, 11) is 0. The van der Waals surface area contributed by atoms with Crippen molar-refractivity contribution in [1.29, 1.82) is 5.26 Å². The number of hydrogen-bond acceptors (Lipinski definition) is 5. The Bertz CT molecular complexity index is 515. The van der Waals surface area contributed by atoms with E-state index in [1.807, 2.05) is 13.8 Å². The predicted molar refractivity (Wildman–Crippen MR) is 77.4 cm³/mol. The second-order valence-electron chi connectivity index (χ2n) is 5.44. The summed E-state index contributed by atoms with van der Waals surface area (Å²) in [5, 5.41) is 30.9. The number of nitriles is 1. The molecule has 0 amide bonds. The molecule has 0 aliphatic heterocycles. The maximum absolute atomic E-state index is 9.68. The molecule has 20 heavy (non-hydrogen) atoms. The minimum absolute atomic E-state index is 0.0660. The van der Waals surface area contributed by atoms with Crippen LogP contribution in [0, 0.1) is 11.3 Å². The first kappa shape index (κ1) is 14.7. The average Bonchev–Trinajstić information content (AvgIpc) is 2.95. The summed E-state index contributed by atoms with van der Waals surface area (Å²) in [5.41, 5.74) is 2.11. The fraction of sp³-hybridized carbons (Fsp3) is 0.667. The quantitative estimate of drug-likeness (QED) is 0.860. The van der Waals surface area contributed by atoms with Crippen molar-refractivity contribution in [3.8, 4) is 6.07 Å². The summed E-state index contributed by atoms with van der Waals surface area (Å²) < 4.78 is 0. The van der Waals surface area contributed by atoms with Gasteiger partial charge in [-0.25, -0.2) is 0 Å². The molecule has 0 unspecified atom stereocenters. The molecule has 0 aromatic carbocycles. The predicted octanol–water partition coefficient (Wildman–Crippen LogP) is 2.19. The number of nitrogens with zero attached hydrogens (tertiary/aromatic N) is 3. The molecule has 1 heterocycles. The zero-order chi connectivity index (χ0) is 14.6.